The van der Waals surface area contributed by atoms with Crippen LogP contribution in [0.25, 0.3) is 0 Å². The summed E-state index contributed by atoms with van der Waals surface area (Å²) in [4.78, 5) is 11.3. The van der Waals surface area contributed by atoms with Crippen molar-refractivity contribution in [2.45, 2.75) is 126 Å². The molecular formula is C31H52O3. The Morgan fingerprint density at radius 3 is 2.26 bits per heavy atom. The zero-order valence-corrected chi connectivity index (χ0v) is 23.3. The maximum Gasteiger partial charge on any atom is 0.306 e. The van der Waals surface area contributed by atoms with Gasteiger partial charge < -0.3 is 10.2 Å². The highest BCUT2D eigenvalue weighted by molar-refractivity contribution is 5.69. The van der Waals surface area contributed by atoms with E-state index in [0.717, 1.165) is 25.7 Å². The van der Waals surface area contributed by atoms with E-state index in [2.05, 4.69) is 54.5 Å². The van der Waals surface area contributed by atoms with E-state index in [4.69, 9.17) is 0 Å². The van der Waals surface area contributed by atoms with E-state index >= 15 is 0 Å². The highest BCUT2D eigenvalue weighted by Gasteiger charge is 2.69. The molecule has 3 nitrogen and oxygen atoms in total. The second kappa shape index (κ2) is 8.35. The van der Waals surface area contributed by atoms with Crippen LogP contribution < -0.4 is 0 Å². The van der Waals surface area contributed by atoms with E-state index in [1.807, 2.05) is 6.92 Å². The molecule has 4 aliphatic carbocycles. The SMILES string of the molecule is CC(CCC[C@@H](C)C1(C)CC[C@H]2[C@]3(C)[C@H](O)C=C4CC(C)(C)CC[C@]4(C)[C@H]3CC[C@@]21C)C(=O)O. The lowest BCUT2D eigenvalue weighted by Crippen LogP contribution is -2.62. The molecule has 2 N–H and O–H groups in total. The van der Waals surface area contributed by atoms with Crippen LogP contribution in [0.15, 0.2) is 11.6 Å². The van der Waals surface area contributed by atoms with Crippen molar-refractivity contribution in [1.82, 2.24) is 0 Å². The topological polar surface area (TPSA) is 57.5 Å². The Labute approximate surface area is 209 Å². The van der Waals surface area contributed by atoms with E-state index in [1.165, 1.54) is 38.5 Å². The van der Waals surface area contributed by atoms with Crippen LogP contribution in [0.1, 0.15) is 120 Å². The lowest BCUT2D eigenvalue weighted by molar-refractivity contribution is -0.174. The van der Waals surface area contributed by atoms with Crippen molar-refractivity contribution in [2.24, 2.45) is 50.7 Å². The third kappa shape index (κ3) is 3.65. The molecule has 0 radical (unpaired) electrons. The molecule has 0 aromatic carbocycles. The summed E-state index contributed by atoms with van der Waals surface area (Å²) in [7, 11) is 0. The van der Waals surface area contributed by atoms with Crippen molar-refractivity contribution < 1.29 is 15.0 Å². The van der Waals surface area contributed by atoms with E-state index in [9.17, 15) is 15.0 Å². The minimum Gasteiger partial charge on any atom is -0.481 e. The largest absolute Gasteiger partial charge is 0.481 e. The van der Waals surface area contributed by atoms with E-state index in [1.54, 1.807) is 5.57 Å². The number of carboxylic acid groups (broad SMARTS) is 1. The molecule has 2 unspecified atom stereocenters. The first-order valence-corrected chi connectivity index (χ1v) is 14.2. The Morgan fingerprint density at radius 1 is 0.971 bits per heavy atom. The van der Waals surface area contributed by atoms with Crippen molar-refractivity contribution in [3.63, 3.8) is 0 Å². The van der Waals surface area contributed by atoms with Crippen LogP contribution in [0.2, 0.25) is 0 Å². The molecule has 3 heteroatoms. The molecule has 0 aromatic rings. The lowest BCUT2D eigenvalue weighted by Gasteiger charge is -2.66. The van der Waals surface area contributed by atoms with Crippen molar-refractivity contribution in [3.8, 4) is 0 Å². The first-order chi connectivity index (χ1) is 15.6. The maximum atomic E-state index is 11.8. The molecule has 34 heavy (non-hydrogen) atoms. The second-order valence-electron chi connectivity index (χ2n) is 14.8. The van der Waals surface area contributed by atoms with Gasteiger partial charge in [-0.25, -0.2) is 0 Å². The summed E-state index contributed by atoms with van der Waals surface area (Å²) >= 11 is 0. The fourth-order valence-electron chi connectivity index (χ4n) is 9.88. The van der Waals surface area contributed by atoms with Crippen molar-refractivity contribution in [1.29, 1.82) is 0 Å². The number of carboxylic acids is 1. The van der Waals surface area contributed by atoms with E-state index in [0.29, 0.717) is 23.2 Å². The van der Waals surface area contributed by atoms with Gasteiger partial charge >= 0.3 is 5.97 Å². The summed E-state index contributed by atoms with van der Waals surface area (Å²) in [6.45, 7) is 19.1. The molecule has 0 spiro atoms. The molecule has 4 aliphatic rings. The Balaban J connectivity index is 1.60. The Bertz CT molecular complexity index is 844. The fraction of sp³-hybridized carbons (Fsp3) is 0.903. The van der Waals surface area contributed by atoms with Gasteiger partial charge in [0.05, 0.1) is 12.0 Å². The predicted octanol–water partition coefficient (Wildman–Crippen LogP) is 7.87. The van der Waals surface area contributed by atoms with Crippen LogP contribution in [0.4, 0.5) is 0 Å². The third-order valence-corrected chi connectivity index (χ3v) is 12.8. The van der Waals surface area contributed by atoms with Gasteiger partial charge in [-0.05, 0) is 90.8 Å². The minimum absolute atomic E-state index is 0.0535. The first-order valence-electron chi connectivity index (χ1n) is 14.2. The summed E-state index contributed by atoms with van der Waals surface area (Å²) in [5, 5.41) is 21.1. The normalized spacial score (nSPS) is 47.1. The zero-order chi connectivity index (χ0) is 25.3. The van der Waals surface area contributed by atoms with E-state index < -0.39 is 5.97 Å². The number of aliphatic hydroxyl groups is 1. The van der Waals surface area contributed by atoms with Gasteiger partial charge in [-0.1, -0.05) is 79.9 Å². The van der Waals surface area contributed by atoms with Crippen molar-refractivity contribution in [3.05, 3.63) is 11.6 Å². The molecule has 0 aliphatic heterocycles. The van der Waals surface area contributed by atoms with Crippen LogP contribution in [-0.2, 0) is 4.79 Å². The van der Waals surface area contributed by atoms with Gasteiger partial charge in [-0.3, -0.25) is 4.79 Å². The average Bonchev–Trinajstić information content (AvgIpc) is 3.03. The third-order valence-electron chi connectivity index (χ3n) is 12.8. The van der Waals surface area contributed by atoms with Crippen LogP contribution in [0.3, 0.4) is 0 Å². The smallest absolute Gasteiger partial charge is 0.306 e. The first kappa shape index (κ1) is 26.2. The molecular weight excluding hydrogens is 420 g/mol. The number of carbonyl (C=O) groups is 1. The number of rotatable bonds is 6. The average molecular weight is 473 g/mol. The van der Waals surface area contributed by atoms with Crippen molar-refractivity contribution in [2.75, 3.05) is 0 Å². The Morgan fingerprint density at radius 2 is 1.62 bits per heavy atom. The predicted molar refractivity (Wildman–Crippen MR) is 139 cm³/mol. The monoisotopic (exact) mass is 472 g/mol. The summed E-state index contributed by atoms with van der Waals surface area (Å²) in [6, 6.07) is 0. The summed E-state index contributed by atoms with van der Waals surface area (Å²) in [6.07, 6.45) is 13.5. The number of hydrogen-bond donors (Lipinski definition) is 2. The number of aliphatic hydroxyl groups excluding tert-OH is 1. The second-order valence-corrected chi connectivity index (χ2v) is 14.8. The summed E-state index contributed by atoms with van der Waals surface area (Å²) < 4.78 is 0. The Hall–Kier alpha value is -0.830. The van der Waals surface area contributed by atoms with Crippen LogP contribution >= 0.6 is 0 Å². The van der Waals surface area contributed by atoms with Gasteiger partial charge in [0.15, 0.2) is 0 Å². The maximum absolute atomic E-state index is 11.8. The highest BCUT2D eigenvalue weighted by Crippen LogP contribution is 2.75. The minimum atomic E-state index is -0.670. The molecule has 0 aromatic heterocycles. The van der Waals surface area contributed by atoms with E-state index in [-0.39, 0.29) is 33.7 Å². The highest BCUT2D eigenvalue weighted by atomic mass is 16.4. The van der Waals surface area contributed by atoms with Crippen LogP contribution in [0.5, 0.6) is 0 Å². The van der Waals surface area contributed by atoms with Gasteiger partial charge in [0.25, 0.3) is 0 Å². The van der Waals surface area contributed by atoms with Crippen LogP contribution in [-0.4, -0.2) is 22.3 Å². The molecule has 9 atom stereocenters. The van der Waals surface area contributed by atoms with Gasteiger partial charge in [-0.15, -0.1) is 0 Å². The fourth-order valence-corrected chi connectivity index (χ4v) is 9.88. The van der Waals surface area contributed by atoms with Gasteiger partial charge in [-0.2, -0.15) is 0 Å². The molecule has 3 fully saturated rings. The zero-order valence-electron chi connectivity index (χ0n) is 23.3. The van der Waals surface area contributed by atoms with Gasteiger partial charge in [0.1, 0.15) is 0 Å². The molecule has 0 amide bonds. The molecule has 4 rings (SSSR count). The van der Waals surface area contributed by atoms with Gasteiger partial charge in [0, 0.05) is 5.41 Å². The van der Waals surface area contributed by atoms with Crippen molar-refractivity contribution >= 4 is 5.97 Å². The molecule has 0 heterocycles. The lowest BCUT2D eigenvalue weighted by atomic mass is 9.38. The summed E-state index contributed by atoms with van der Waals surface area (Å²) in [5.74, 6) is 0.765. The quantitative estimate of drug-likeness (QED) is 0.387. The molecule has 194 valence electrons. The molecule has 0 saturated heterocycles. The summed E-state index contributed by atoms with van der Waals surface area (Å²) in [5.41, 5.74) is 2.56. The number of allylic oxidation sites excluding steroid dienone is 1. The number of aliphatic carboxylic acids is 1. The van der Waals surface area contributed by atoms with Crippen LogP contribution in [0, 0.1) is 50.7 Å². The Kier molecular flexibility index (Phi) is 6.45. The van der Waals surface area contributed by atoms with Gasteiger partial charge in [0.2, 0.25) is 0 Å². The number of fused-ring (bicyclic) bond motifs is 5. The molecule has 0 bridgehead atoms. The molecule has 3 saturated carbocycles. The standard InChI is InChI=1S/C31H52O3/c1-20(26(33)34)10-9-11-21(2)29(6)14-13-24-30(29,7)15-12-23-28(5)17-16-27(3,4)19-22(28)18-25(32)31(23,24)8/h18,20-21,23-25,32H,9-17,19H2,1-8H3,(H,33,34)/t20?,21-,23-,24-,25-,28+,29?,30+,31-/m1/s1. The number of hydrogen-bond acceptors (Lipinski definition) is 2.